The SMILES string of the molecule is Cc1nccn1C[C@@H](C)C(=O)N1CC[C@@H](c2nc(C(C)C)cc(C(F)(F)F)n2)C1. The Morgan fingerprint density at radius 1 is 1.28 bits per heavy atom. The molecule has 3 heterocycles. The zero-order chi connectivity index (χ0) is 21.3. The number of aromatic nitrogens is 4. The van der Waals surface area contributed by atoms with Gasteiger partial charge in [-0.1, -0.05) is 20.8 Å². The lowest BCUT2D eigenvalue weighted by Crippen LogP contribution is -2.35. The number of alkyl halides is 3. The first-order valence-corrected chi connectivity index (χ1v) is 9.78. The van der Waals surface area contributed by atoms with E-state index in [0.717, 1.165) is 11.9 Å². The smallest absolute Gasteiger partial charge is 0.342 e. The van der Waals surface area contributed by atoms with Crippen LogP contribution in [0.3, 0.4) is 0 Å². The number of hydrogen-bond donors (Lipinski definition) is 0. The molecule has 158 valence electrons. The summed E-state index contributed by atoms with van der Waals surface area (Å²) in [5.41, 5.74) is -0.545. The first kappa shape index (κ1) is 21.3. The average Bonchev–Trinajstić information content (AvgIpc) is 3.29. The number of aryl methyl sites for hydroxylation is 1. The predicted molar refractivity (Wildman–Crippen MR) is 101 cm³/mol. The maximum Gasteiger partial charge on any atom is 0.433 e. The fourth-order valence-electron chi connectivity index (χ4n) is 3.56. The summed E-state index contributed by atoms with van der Waals surface area (Å²) >= 11 is 0. The highest BCUT2D eigenvalue weighted by atomic mass is 19.4. The lowest BCUT2D eigenvalue weighted by atomic mass is 10.1. The van der Waals surface area contributed by atoms with Gasteiger partial charge in [-0.25, -0.2) is 15.0 Å². The highest BCUT2D eigenvalue weighted by Gasteiger charge is 2.36. The summed E-state index contributed by atoms with van der Waals surface area (Å²) in [4.78, 5) is 26.9. The molecular formula is C20H26F3N5O. The van der Waals surface area contributed by atoms with Crippen LogP contribution in [0, 0.1) is 12.8 Å². The molecule has 0 aromatic carbocycles. The molecule has 0 saturated carbocycles. The molecule has 1 aliphatic rings. The lowest BCUT2D eigenvalue weighted by molar-refractivity contribution is -0.141. The van der Waals surface area contributed by atoms with Crippen LogP contribution < -0.4 is 0 Å². The van der Waals surface area contributed by atoms with Gasteiger partial charge in [-0.15, -0.1) is 0 Å². The molecule has 0 radical (unpaired) electrons. The van der Waals surface area contributed by atoms with E-state index in [0.29, 0.717) is 31.7 Å². The van der Waals surface area contributed by atoms with Crippen molar-refractivity contribution >= 4 is 5.91 Å². The van der Waals surface area contributed by atoms with Crippen molar-refractivity contribution in [2.75, 3.05) is 13.1 Å². The van der Waals surface area contributed by atoms with E-state index in [4.69, 9.17) is 0 Å². The van der Waals surface area contributed by atoms with E-state index in [9.17, 15) is 18.0 Å². The summed E-state index contributed by atoms with van der Waals surface area (Å²) in [5.74, 6) is 0.308. The van der Waals surface area contributed by atoms with Crippen molar-refractivity contribution < 1.29 is 18.0 Å². The predicted octanol–water partition coefficient (Wildman–Crippen LogP) is 3.78. The summed E-state index contributed by atoms with van der Waals surface area (Å²) in [6, 6.07) is 1.02. The van der Waals surface area contributed by atoms with Crippen LogP contribution in [-0.2, 0) is 17.5 Å². The van der Waals surface area contributed by atoms with Gasteiger partial charge in [-0.3, -0.25) is 4.79 Å². The summed E-state index contributed by atoms with van der Waals surface area (Å²) in [7, 11) is 0. The van der Waals surface area contributed by atoms with Crippen LogP contribution in [0.15, 0.2) is 18.5 Å². The second kappa shape index (κ2) is 8.12. The topological polar surface area (TPSA) is 63.9 Å². The Morgan fingerprint density at radius 2 is 2.00 bits per heavy atom. The minimum absolute atomic E-state index is 0.0170. The summed E-state index contributed by atoms with van der Waals surface area (Å²) in [6.07, 6.45) is -0.445. The number of imidazole rings is 1. The molecule has 0 aliphatic carbocycles. The van der Waals surface area contributed by atoms with E-state index in [2.05, 4.69) is 15.0 Å². The number of carbonyl (C=O) groups excluding carboxylic acids is 1. The van der Waals surface area contributed by atoms with Crippen molar-refractivity contribution in [3.63, 3.8) is 0 Å². The quantitative estimate of drug-likeness (QED) is 0.754. The number of halogens is 3. The van der Waals surface area contributed by atoms with Gasteiger partial charge in [-0.05, 0) is 25.3 Å². The number of carbonyl (C=O) groups is 1. The monoisotopic (exact) mass is 409 g/mol. The zero-order valence-electron chi connectivity index (χ0n) is 17.1. The third-order valence-corrected chi connectivity index (χ3v) is 5.33. The summed E-state index contributed by atoms with van der Waals surface area (Å²) < 4.78 is 41.7. The normalized spacial score (nSPS) is 18.5. The van der Waals surface area contributed by atoms with Crippen LogP contribution in [0.2, 0.25) is 0 Å². The van der Waals surface area contributed by atoms with E-state index in [-0.39, 0.29) is 29.5 Å². The molecule has 1 amide bonds. The Kier molecular flexibility index (Phi) is 5.95. The van der Waals surface area contributed by atoms with Gasteiger partial charge >= 0.3 is 6.18 Å². The number of hydrogen-bond acceptors (Lipinski definition) is 4. The highest BCUT2D eigenvalue weighted by molar-refractivity contribution is 5.78. The van der Waals surface area contributed by atoms with Crippen molar-refractivity contribution in [3.8, 4) is 0 Å². The fourth-order valence-corrected chi connectivity index (χ4v) is 3.56. The van der Waals surface area contributed by atoms with Gasteiger partial charge < -0.3 is 9.47 Å². The first-order valence-electron chi connectivity index (χ1n) is 9.78. The van der Waals surface area contributed by atoms with Crippen LogP contribution in [-0.4, -0.2) is 43.4 Å². The molecule has 1 saturated heterocycles. The van der Waals surface area contributed by atoms with Gasteiger partial charge in [0.25, 0.3) is 0 Å². The van der Waals surface area contributed by atoms with Gasteiger partial charge in [0.2, 0.25) is 5.91 Å². The van der Waals surface area contributed by atoms with E-state index < -0.39 is 11.9 Å². The van der Waals surface area contributed by atoms with Crippen LogP contribution in [0.25, 0.3) is 0 Å². The molecular weight excluding hydrogens is 383 g/mol. The third kappa shape index (κ3) is 4.76. The van der Waals surface area contributed by atoms with Crippen LogP contribution in [0.5, 0.6) is 0 Å². The molecule has 29 heavy (non-hydrogen) atoms. The summed E-state index contributed by atoms with van der Waals surface area (Å²) in [6.45, 7) is 8.68. The van der Waals surface area contributed by atoms with Gasteiger partial charge in [0.05, 0.1) is 5.92 Å². The van der Waals surface area contributed by atoms with E-state index in [1.807, 2.05) is 24.6 Å². The Hall–Kier alpha value is -2.45. The van der Waals surface area contributed by atoms with Crippen LogP contribution in [0.1, 0.15) is 62.1 Å². The molecule has 1 aliphatic heterocycles. The molecule has 2 aromatic heterocycles. The van der Waals surface area contributed by atoms with Crippen LogP contribution >= 0.6 is 0 Å². The lowest BCUT2D eigenvalue weighted by Gasteiger charge is -2.22. The number of amides is 1. The number of rotatable bonds is 5. The largest absolute Gasteiger partial charge is 0.433 e. The highest BCUT2D eigenvalue weighted by Crippen LogP contribution is 2.32. The minimum Gasteiger partial charge on any atom is -0.342 e. The average molecular weight is 409 g/mol. The Morgan fingerprint density at radius 3 is 2.59 bits per heavy atom. The molecule has 2 atom stereocenters. The Bertz CT molecular complexity index is 877. The summed E-state index contributed by atoms with van der Waals surface area (Å²) in [5, 5.41) is 0. The molecule has 9 heteroatoms. The van der Waals surface area contributed by atoms with Crippen molar-refractivity contribution in [1.29, 1.82) is 0 Å². The number of likely N-dealkylation sites (tertiary alicyclic amines) is 1. The minimum atomic E-state index is -4.52. The molecule has 1 fully saturated rings. The Balaban J connectivity index is 1.74. The number of nitrogens with zero attached hydrogens (tertiary/aromatic N) is 5. The Labute approximate surface area is 168 Å². The second-order valence-corrected chi connectivity index (χ2v) is 7.99. The standard InChI is InChI=1S/C20H26F3N5O/c1-12(2)16-9-17(20(21,22)23)26-18(25-16)15-5-7-28(11-15)19(29)13(3)10-27-8-6-24-14(27)4/h6,8-9,12-13,15H,5,7,10-11H2,1-4H3/t13-,15-/m1/s1. The zero-order valence-corrected chi connectivity index (χ0v) is 17.1. The van der Waals surface area contributed by atoms with Crippen molar-refractivity contribution in [1.82, 2.24) is 24.4 Å². The van der Waals surface area contributed by atoms with Gasteiger partial charge in [-0.2, -0.15) is 13.2 Å². The van der Waals surface area contributed by atoms with Crippen molar-refractivity contribution in [2.45, 2.75) is 58.7 Å². The third-order valence-electron chi connectivity index (χ3n) is 5.33. The second-order valence-electron chi connectivity index (χ2n) is 7.99. The maximum absolute atomic E-state index is 13.3. The van der Waals surface area contributed by atoms with Crippen molar-refractivity contribution in [2.24, 2.45) is 5.92 Å². The molecule has 0 unspecified atom stereocenters. The first-order chi connectivity index (χ1) is 13.6. The molecule has 0 N–H and O–H groups in total. The van der Waals surface area contributed by atoms with E-state index in [1.54, 1.807) is 24.9 Å². The van der Waals surface area contributed by atoms with Crippen molar-refractivity contribution in [3.05, 3.63) is 41.5 Å². The maximum atomic E-state index is 13.3. The van der Waals surface area contributed by atoms with Gasteiger partial charge in [0.15, 0.2) is 0 Å². The van der Waals surface area contributed by atoms with E-state index >= 15 is 0 Å². The van der Waals surface area contributed by atoms with Crippen LogP contribution in [0.4, 0.5) is 13.2 Å². The molecule has 3 rings (SSSR count). The molecule has 2 aromatic rings. The molecule has 6 nitrogen and oxygen atoms in total. The molecule has 0 spiro atoms. The van der Waals surface area contributed by atoms with E-state index in [1.165, 1.54) is 0 Å². The fraction of sp³-hybridized carbons (Fsp3) is 0.600. The molecule has 0 bridgehead atoms. The van der Waals surface area contributed by atoms with Gasteiger partial charge in [0, 0.05) is 43.6 Å². The van der Waals surface area contributed by atoms with Gasteiger partial charge in [0.1, 0.15) is 17.3 Å².